The molecule has 0 saturated carbocycles. The maximum absolute atomic E-state index is 6.04. The lowest BCUT2D eigenvalue weighted by atomic mass is 10.0. The number of ether oxygens (including phenoxy) is 1. The number of benzene rings is 1. The minimum Gasteiger partial charge on any atom is -0.493 e. The van der Waals surface area contributed by atoms with E-state index in [1.807, 2.05) is 0 Å². The first-order valence-electron chi connectivity index (χ1n) is 7.92. The molecule has 0 radical (unpaired) electrons. The van der Waals surface area contributed by atoms with Crippen LogP contribution in [0.4, 0.5) is 0 Å². The summed E-state index contributed by atoms with van der Waals surface area (Å²) in [6.45, 7) is 9.92. The van der Waals surface area contributed by atoms with E-state index in [0.29, 0.717) is 12.0 Å². The highest BCUT2D eigenvalue weighted by molar-refractivity contribution is 5.37. The largest absolute Gasteiger partial charge is 0.493 e. The Morgan fingerprint density at radius 2 is 2.25 bits per heavy atom. The SMILES string of the molecule is CC(C)N1CCC(COc2ccc3c(c2)CCNC3)C1. The summed E-state index contributed by atoms with van der Waals surface area (Å²) in [4.78, 5) is 2.55. The summed E-state index contributed by atoms with van der Waals surface area (Å²) in [5.74, 6) is 1.74. The van der Waals surface area contributed by atoms with E-state index in [1.54, 1.807) is 0 Å². The molecule has 2 aliphatic heterocycles. The van der Waals surface area contributed by atoms with Crippen LogP contribution in [0.25, 0.3) is 0 Å². The van der Waals surface area contributed by atoms with Gasteiger partial charge in [0.2, 0.25) is 0 Å². The molecule has 2 heterocycles. The Hall–Kier alpha value is -1.06. The molecule has 1 N–H and O–H groups in total. The summed E-state index contributed by atoms with van der Waals surface area (Å²) >= 11 is 0. The fraction of sp³-hybridized carbons (Fsp3) is 0.647. The Labute approximate surface area is 122 Å². The van der Waals surface area contributed by atoms with Crippen molar-refractivity contribution in [2.45, 2.75) is 39.3 Å². The first-order valence-corrected chi connectivity index (χ1v) is 7.92. The van der Waals surface area contributed by atoms with Crippen LogP contribution in [-0.4, -0.2) is 37.2 Å². The summed E-state index contributed by atoms with van der Waals surface area (Å²) < 4.78 is 6.04. The van der Waals surface area contributed by atoms with Gasteiger partial charge in [-0.25, -0.2) is 0 Å². The molecule has 20 heavy (non-hydrogen) atoms. The van der Waals surface area contributed by atoms with Crippen LogP contribution in [0, 0.1) is 5.92 Å². The van der Waals surface area contributed by atoms with E-state index >= 15 is 0 Å². The van der Waals surface area contributed by atoms with Gasteiger partial charge in [-0.2, -0.15) is 0 Å². The molecule has 1 saturated heterocycles. The van der Waals surface area contributed by atoms with Gasteiger partial charge in [0.15, 0.2) is 0 Å². The van der Waals surface area contributed by atoms with Crippen LogP contribution in [0.15, 0.2) is 18.2 Å². The molecule has 3 nitrogen and oxygen atoms in total. The van der Waals surface area contributed by atoms with Gasteiger partial charge in [-0.1, -0.05) is 6.07 Å². The first-order chi connectivity index (χ1) is 9.72. The third-order valence-corrected chi connectivity index (χ3v) is 4.60. The second-order valence-electron chi connectivity index (χ2n) is 6.41. The third-order valence-electron chi connectivity index (χ3n) is 4.60. The topological polar surface area (TPSA) is 24.5 Å². The van der Waals surface area contributed by atoms with Crippen molar-refractivity contribution in [3.8, 4) is 5.75 Å². The highest BCUT2D eigenvalue weighted by atomic mass is 16.5. The number of likely N-dealkylation sites (tertiary alicyclic amines) is 1. The summed E-state index contributed by atoms with van der Waals surface area (Å²) in [6, 6.07) is 7.24. The van der Waals surface area contributed by atoms with Gasteiger partial charge < -0.3 is 15.0 Å². The van der Waals surface area contributed by atoms with Crippen molar-refractivity contribution in [2.75, 3.05) is 26.2 Å². The molecule has 110 valence electrons. The summed E-state index contributed by atoms with van der Waals surface area (Å²) in [5, 5.41) is 3.41. The molecule has 1 aromatic rings. The van der Waals surface area contributed by atoms with E-state index in [-0.39, 0.29) is 0 Å². The lowest BCUT2D eigenvalue weighted by Crippen LogP contribution is -2.29. The minimum atomic E-state index is 0.663. The number of fused-ring (bicyclic) bond motifs is 1. The van der Waals surface area contributed by atoms with Crippen molar-refractivity contribution in [1.82, 2.24) is 10.2 Å². The molecule has 0 aromatic heterocycles. The Kier molecular flexibility index (Phi) is 4.27. The Balaban J connectivity index is 1.54. The van der Waals surface area contributed by atoms with Gasteiger partial charge in [0.1, 0.15) is 5.75 Å². The van der Waals surface area contributed by atoms with Gasteiger partial charge >= 0.3 is 0 Å². The van der Waals surface area contributed by atoms with Gasteiger partial charge in [0, 0.05) is 25.0 Å². The van der Waals surface area contributed by atoms with Crippen LogP contribution in [0.5, 0.6) is 5.75 Å². The maximum atomic E-state index is 6.04. The molecule has 0 amide bonds. The van der Waals surface area contributed by atoms with Gasteiger partial charge in [-0.3, -0.25) is 0 Å². The second kappa shape index (κ2) is 6.15. The smallest absolute Gasteiger partial charge is 0.119 e. The van der Waals surface area contributed by atoms with E-state index in [0.717, 1.165) is 31.9 Å². The van der Waals surface area contributed by atoms with Crippen LogP contribution in [0.1, 0.15) is 31.4 Å². The Morgan fingerprint density at radius 3 is 3.05 bits per heavy atom. The zero-order chi connectivity index (χ0) is 13.9. The Morgan fingerprint density at radius 1 is 1.35 bits per heavy atom. The second-order valence-corrected chi connectivity index (χ2v) is 6.41. The normalized spacial score (nSPS) is 23.1. The molecule has 3 rings (SSSR count). The molecule has 0 aliphatic carbocycles. The van der Waals surface area contributed by atoms with Gasteiger partial charge in [0.05, 0.1) is 6.61 Å². The van der Waals surface area contributed by atoms with Crippen molar-refractivity contribution in [1.29, 1.82) is 0 Å². The van der Waals surface area contributed by atoms with Gasteiger partial charge in [-0.05, 0) is 63.0 Å². The van der Waals surface area contributed by atoms with Crippen LogP contribution >= 0.6 is 0 Å². The highest BCUT2D eigenvalue weighted by Crippen LogP contribution is 2.23. The monoisotopic (exact) mass is 274 g/mol. The lowest BCUT2D eigenvalue weighted by molar-refractivity contribution is 0.223. The molecule has 1 fully saturated rings. The summed E-state index contributed by atoms with van der Waals surface area (Å²) in [6.07, 6.45) is 2.39. The van der Waals surface area contributed by atoms with Crippen molar-refractivity contribution in [3.63, 3.8) is 0 Å². The number of nitrogens with zero attached hydrogens (tertiary/aromatic N) is 1. The van der Waals surface area contributed by atoms with Crippen molar-refractivity contribution in [2.24, 2.45) is 5.92 Å². The first kappa shape index (κ1) is 13.9. The fourth-order valence-electron chi connectivity index (χ4n) is 3.23. The van der Waals surface area contributed by atoms with E-state index in [4.69, 9.17) is 4.74 Å². The maximum Gasteiger partial charge on any atom is 0.119 e. The average molecular weight is 274 g/mol. The number of rotatable bonds is 4. The summed E-state index contributed by atoms with van der Waals surface area (Å²) in [5.41, 5.74) is 2.88. The molecule has 3 heteroatoms. The minimum absolute atomic E-state index is 0.663. The molecule has 1 atom stereocenters. The van der Waals surface area contributed by atoms with E-state index in [2.05, 4.69) is 42.3 Å². The van der Waals surface area contributed by atoms with Crippen LogP contribution in [0.3, 0.4) is 0 Å². The average Bonchev–Trinajstić information content (AvgIpc) is 2.94. The number of nitrogens with one attached hydrogen (secondary N) is 1. The molecule has 1 unspecified atom stereocenters. The van der Waals surface area contributed by atoms with Crippen molar-refractivity contribution in [3.05, 3.63) is 29.3 Å². The highest BCUT2D eigenvalue weighted by Gasteiger charge is 2.24. The predicted molar refractivity (Wildman–Crippen MR) is 82.2 cm³/mol. The molecule has 2 aliphatic rings. The summed E-state index contributed by atoms with van der Waals surface area (Å²) in [7, 11) is 0. The zero-order valence-corrected chi connectivity index (χ0v) is 12.7. The number of hydrogen-bond acceptors (Lipinski definition) is 3. The van der Waals surface area contributed by atoms with Gasteiger partial charge in [-0.15, -0.1) is 0 Å². The Bertz CT molecular complexity index is 458. The fourth-order valence-corrected chi connectivity index (χ4v) is 3.23. The standard InChI is InChI=1S/C17H26N2O/c1-13(2)19-8-6-14(11-19)12-20-17-4-3-16-10-18-7-5-15(16)9-17/h3-4,9,13-14,18H,5-8,10-12H2,1-2H3. The molecule has 0 spiro atoms. The van der Waals surface area contributed by atoms with E-state index in [9.17, 15) is 0 Å². The van der Waals surface area contributed by atoms with Crippen molar-refractivity contribution < 1.29 is 4.74 Å². The lowest BCUT2D eigenvalue weighted by Gasteiger charge is -2.21. The van der Waals surface area contributed by atoms with E-state index in [1.165, 1.54) is 30.6 Å². The van der Waals surface area contributed by atoms with Crippen LogP contribution in [-0.2, 0) is 13.0 Å². The number of hydrogen-bond donors (Lipinski definition) is 1. The van der Waals surface area contributed by atoms with Crippen LogP contribution in [0.2, 0.25) is 0 Å². The predicted octanol–water partition coefficient (Wildman–Crippen LogP) is 2.44. The van der Waals surface area contributed by atoms with Crippen molar-refractivity contribution >= 4 is 0 Å². The molecule has 1 aromatic carbocycles. The van der Waals surface area contributed by atoms with Crippen LogP contribution < -0.4 is 10.1 Å². The molecular formula is C17H26N2O. The van der Waals surface area contributed by atoms with E-state index < -0.39 is 0 Å². The zero-order valence-electron chi connectivity index (χ0n) is 12.7. The van der Waals surface area contributed by atoms with Gasteiger partial charge in [0.25, 0.3) is 0 Å². The third kappa shape index (κ3) is 3.15. The molecule has 0 bridgehead atoms. The molecular weight excluding hydrogens is 248 g/mol. The quantitative estimate of drug-likeness (QED) is 0.912.